The van der Waals surface area contributed by atoms with Gasteiger partial charge in [0.15, 0.2) is 0 Å². The van der Waals surface area contributed by atoms with E-state index < -0.39 is 0 Å². The maximum absolute atomic E-state index is 5.60. The van der Waals surface area contributed by atoms with Gasteiger partial charge in [-0.25, -0.2) is 4.98 Å². The summed E-state index contributed by atoms with van der Waals surface area (Å²) < 4.78 is 5.60. The third-order valence-electron chi connectivity index (χ3n) is 2.45. The lowest BCUT2D eigenvalue weighted by atomic mass is 10.2. The SMILES string of the molecule is CCCCOc1ccc(/C=N/Nc2nccs2)cc1. The minimum atomic E-state index is 0.773. The van der Waals surface area contributed by atoms with Crippen LogP contribution in [0.5, 0.6) is 5.75 Å². The summed E-state index contributed by atoms with van der Waals surface area (Å²) in [7, 11) is 0. The zero-order valence-electron chi connectivity index (χ0n) is 10.9. The average molecular weight is 275 g/mol. The van der Waals surface area contributed by atoms with Gasteiger partial charge in [-0.05, 0) is 36.2 Å². The molecule has 2 rings (SSSR count). The van der Waals surface area contributed by atoms with Crippen LogP contribution in [-0.4, -0.2) is 17.8 Å². The molecule has 0 bridgehead atoms. The summed E-state index contributed by atoms with van der Waals surface area (Å²) in [5, 5.41) is 6.81. The van der Waals surface area contributed by atoms with E-state index in [1.807, 2.05) is 29.6 Å². The third-order valence-corrected chi connectivity index (χ3v) is 3.13. The molecule has 100 valence electrons. The van der Waals surface area contributed by atoms with Gasteiger partial charge < -0.3 is 4.74 Å². The largest absolute Gasteiger partial charge is 0.494 e. The minimum absolute atomic E-state index is 0.773. The predicted molar refractivity (Wildman–Crippen MR) is 80.2 cm³/mol. The number of unbranched alkanes of at least 4 members (excludes halogenated alkanes) is 1. The van der Waals surface area contributed by atoms with E-state index in [9.17, 15) is 0 Å². The highest BCUT2D eigenvalue weighted by Crippen LogP contribution is 2.12. The maximum atomic E-state index is 5.60. The van der Waals surface area contributed by atoms with E-state index in [1.54, 1.807) is 12.4 Å². The Kier molecular flexibility index (Phi) is 5.37. The molecule has 0 aliphatic heterocycles. The fraction of sp³-hybridized carbons (Fsp3) is 0.286. The molecule has 0 unspecified atom stereocenters. The quantitative estimate of drug-likeness (QED) is 0.475. The van der Waals surface area contributed by atoms with Gasteiger partial charge in [-0.1, -0.05) is 13.3 Å². The Balaban J connectivity index is 1.82. The van der Waals surface area contributed by atoms with Crippen LogP contribution in [0.1, 0.15) is 25.3 Å². The first-order chi connectivity index (χ1) is 9.38. The second kappa shape index (κ2) is 7.53. The number of benzene rings is 1. The smallest absolute Gasteiger partial charge is 0.203 e. The summed E-state index contributed by atoms with van der Waals surface area (Å²) in [6.45, 7) is 2.92. The van der Waals surface area contributed by atoms with Gasteiger partial charge in [-0.15, -0.1) is 11.3 Å². The van der Waals surface area contributed by atoms with Gasteiger partial charge in [0, 0.05) is 11.6 Å². The molecule has 0 saturated heterocycles. The number of aromatic nitrogens is 1. The molecular weight excluding hydrogens is 258 g/mol. The van der Waals surface area contributed by atoms with Gasteiger partial charge in [0.2, 0.25) is 5.13 Å². The molecule has 1 aromatic carbocycles. The predicted octanol–water partition coefficient (Wildman–Crippen LogP) is 3.77. The number of thiazole rings is 1. The van der Waals surface area contributed by atoms with Gasteiger partial charge in [-0.2, -0.15) is 5.10 Å². The van der Waals surface area contributed by atoms with E-state index in [0.717, 1.165) is 35.9 Å². The monoisotopic (exact) mass is 275 g/mol. The highest BCUT2D eigenvalue weighted by molar-refractivity contribution is 7.13. The fourth-order valence-electron chi connectivity index (χ4n) is 1.43. The number of nitrogens with zero attached hydrogens (tertiary/aromatic N) is 2. The van der Waals surface area contributed by atoms with E-state index in [4.69, 9.17) is 4.74 Å². The molecule has 4 nitrogen and oxygen atoms in total. The number of rotatable bonds is 7. The van der Waals surface area contributed by atoms with E-state index >= 15 is 0 Å². The molecule has 0 saturated carbocycles. The molecule has 0 fully saturated rings. The van der Waals surface area contributed by atoms with Crippen molar-refractivity contribution in [3.63, 3.8) is 0 Å². The lowest BCUT2D eigenvalue weighted by Gasteiger charge is -2.04. The zero-order valence-corrected chi connectivity index (χ0v) is 11.7. The molecule has 5 heteroatoms. The van der Waals surface area contributed by atoms with Crippen molar-refractivity contribution in [2.24, 2.45) is 5.10 Å². The third kappa shape index (κ3) is 4.71. The molecule has 2 aromatic rings. The van der Waals surface area contributed by atoms with Crippen LogP contribution in [0.4, 0.5) is 5.13 Å². The van der Waals surface area contributed by atoms with E-state index in [-0.39, 0.29) is 0 Å². The van der Waals surface area contributed by atoms with Crippen molar-refractivity contribution in [2.75, 3.05) is 12.0 Å². The Labute approximate surface area is 117 Å². The highest BCUT2D eigenvalue weighted by atomic mass is 32.1. The van der Waals surface area contributed by atoms with Crippen LogP contribution in [0.3, 0.4) is 0 Å². The molecule has 1 aromatic heterocycles. The van der Waals surface area contributed by atoms with E-state index in [1.165, 1.54) is 11.3 Å². The van der Waals surface area contributed by atoms with Crippen molar-refractivity contribution in [1.29, 1.82) is 0 Å². The molecular formula is C14H17N3OS. The van der Waals surface area contributed by atoms with Crippen molar-refractivity contribution < 1.29 is 4.74 Å². The van der Waals surface area contributed by atoms with Crippen LogP contribution in [0.25, 0.3) is 0 Å². The van der Waals surface area contributed by atoms with Crippen molar-refractivity contribution in [3.8, 4) is 5.75 Å². The molecule has 1 N–H and O–H groups in total. The number of ether oxygens (including phenoxy) is 1. The molecule has 0 amide bonds. The standard InChI is InChI=1S/C14H17N3OS/c1-2-3-9-18-13-6-4-12(5-7-13)11-16-17-14-15-8-10-19-14/h4-8,10-11H,2-3,9H2,1H3,(H,15,17)/b16-11+. The normalized spacial score (nSPS) is 10.8. The van der Waals surface area contributed by atoms with Crippen molar-refractivity contribution in [2.45, 2.75) is 19.8 Å². The molecule has 0 aliphatic rings. The number of hydrogen-bond acceptors (Lipinski definition) is 5. The Morgan fingerprint density at radius 1 is 1.37 bits per heavy atom. The molecule has 0 spiro atoms. The molecule has 1 heterocycles. The Morgan fingerprint density at radius 2 is 2.21 bits per heavy atom. The second-order valence-corrected chi connectivity index (χ2v) is 4.87. The fourth-order valence-corrected chi connectivity index (χ4v) is 1.90. The van der Waals surface area contributed by atoms with Crippen LogP contribution in [-0.2, 0) is 0 Å². The van der Waals surface area contributed by atoms with Crippen molar-refractivity contribution in [3.05, 3.63) is 41.4 Å². The highest BCUT2D eigenvalue weighted by Gasteiger charge is 1.94. The van der Waals surface area contributed by atoms with Crippen LogP contribution in [0.2, 0.25) is 0 Å². The number of hydrazone groups is 1. The molecule has 0 aliphatic carbocycles. The Morgan fingerprint density at radius 3 is 2.89 bits per heavy atom. The van der Waals surface area contributed by atoms with Gasteiger partial charge >= 0.3 is 0 Å². The second-order valence-electron chi connectivity index (χ2n) is 3.98. The van der Waals surface area contributed by atoms with Gasteiger partial charge in [-0.3, -0.25) is 5.43 Å². The molecule has 19 heavy (non-hydrogen) atoms. The Bertz CT molecular complexity index is 494. The number of hydrogen-bond donors (Lipinski definition) is 1. The van der Waals surface area contributed by atoms with Gasteiger partial charge in [0.25, 0.3) is 0 Å². The van der Waals surface area contributed by atoms with E-state index in [0.29, 0.717) is 0 Å². The first-order valence-electron chi connectivity index (χ1n) is 6.30. The topological polar surface area (TPSA) is 46.5 Å². The first-order valence-corrected chi connectivity index (χ1v) is 7.18. The summed E-state index contributed by atoms with van der Waals surface area (Å²) in [6.07, 6.45) is 5.73. The Hall–Kier alpha value is -1.88. The van der Waals surface area contributed by atoms with E-state index in [2.05, 4.69) is 22.4 Å². The van der Waals surface area contributed by atoms with Crippen LogP contribution >= 0.6 is 11.3 Å². The van der Waals surface area contributed by atoms with Gasteiger partial charge in [0.1, 0.15) is 5.75 Å². The summed E-state index contributed by atoms with van der Waals surface area (Å²) in [5.74, 6) is 0.901. The summed E-state index contributed by atoms with van der Waals surface area (Å²) >= 11 is 1.52. The average Bonchev–Trinajstić information content (AvgIpc) is 2.94. The lowest BCUT2D eigenvalue weighted by Crippen LogP contribution is -1.96. The molecule has 0 atom stereocenters. The van der Waals surface area contributed by atoms with Crippen LogP contribution < -0.4 is 10.2 Å². The summed E-state index contributed by atoms with van der Waals surface area (Å²) in [4.78, 5) is 4.08. The van der Waals surface area contributed by atoms with Crippen LogP contribution in [0, 0.1) is 0 Å². The zero-order chi connectivity index (χ0) is 13.3. The molecule has 0 radical (unpaired) electrons. The van der Waals surface area contributed by atoms with Crippen molar-refractivity contribution >= 4 is 22.7 Å². The summed E-state index contributed by atoms with van der Waals surface area (Å²) in [5.41, 5.74) is 3.90. The van der Waals surface area contributed by atoms with Crippen LogP contribution in [0.15, 0.2) is 40.9 Å². The van der Waals surface area contributed by atoms with Crippen molar-refractivity contribution in [1.82, 2.24) is 4.98 Å². The van der Waals surface area contributed by atoms with Gasteiger partial charge in [0.05, 0.1) is 12.8 Å². The first kappa shape index (κ1) is 13.5. The summed E-state index contributed by atoms with van der Waals surface area (Å²) in [6, 6.07) is 7.88. The minimum Gasteiger partial charge on any atom is -0.494 e. The lowest BCUT2D eigenvalue weighted by molar-refractivity contribution is 0.309. The number of anilines is 1. The maximum Gasteiger partial charge on any atom is 0.203 e. The number of nitrogens with one attached hydrogen (secondary N) is 1.